The van der Waals surface area contributed by atoms with Crippen molar-refractivity contribution in [2.45, 2.75) is 87.6 Å². The normalized spacial score (nSPS) is 30.3. The highest BCUT2D eigenvalue weighted by atomic mass is 32.2. The van der Waals surface area contributed by atoms with Gasteiger partial charge in [-0.05, 0) is 50.2 Å². The Balaban J connectivity index is 1.42. The Hall–Kier alpha value is -0.950. The van der Waals surface area contributed by atoms with E-state index in [-0.39, 0.29) is 30.6 Å². The number of carboxylic acids is 1. The number of aliphatic carboxylic acids is 1. The minimum atomic E-state index is -0.733. The Morgan fingerprint density at radius 2 is 2.04 bits per heavy atom. The van der Waals surface area contributed by atoms with Gasteiger partial charge >= 0.3 is 12.0 Å². The second-order valence-corrected chi connectivity index (χ2v) is 9.44. The fourth-order valence-corrected chi connectivity index (χ4v) is 6.09. The van der Waals surface area contributed by atoms with Gasteiger partial charge in [-0.2, -0.15) is 11.8 Å². The van der Waals surface area contributed by atoms with Crippen molar-refractivity contribution in [1.29, 1.82) is 0 Å². The standard InChI is InChI=1S/C19H32N2O4S/c22-17(13-5-2-1-3-6-13)8-9-21-16-12-14(11-15(16)20-19(21)25)26-10-4-7-18(23)24/h13-17,22H,1-12H2,(H,20,25)(H,23,24). The van der Waals surface area contributed by atoms with Crippen molar-refractivity contribution in [3.05, 3.63) is 0 Å². The number of nitrogens with zero attached hydrogens (tertiary/aromatic N) is 1. The van der Waals surface area contributed by atoms with E-state index in [0.717, 1.165) is 31.4 Å². The maximum absolute atomic E-state index is 12.3. The van der Waals surface area contributed by atoms with Crippen molar-refractivity contribution in [2.75, 3.05) is 12.3 Å². The zero-order valence-corrected chi connectivity index (χ0v) is 16.3. The molecule has 1 heterocycles. The first kappa shape index (κ1) is 19.8. The molecule has 7 heteroatoms. The summed E-state index contributed by atoms with van der Waals surface area (Å²) in [6.45, 7) is 0.640. The number of carbonyl (C=O) groups is 2. The maximum Gasteiger partial charge on any atom is 0.318 e. The van der Waals surface area contributed by atoms with Crippen LogP contribution in [0.3, 0.4) is 0 Å². The van der Waals surface area contributed by atoms with Crippen LogP contribution in [0.5, 0.6) is 0 Å². The van der Waals surface area contributed by atoms with Crippen LogP contribution in [0.4, 0.5) is 4.79 Å². The van der Waals surface area contributed by atoms with Gasteiger partial charge in [0.05, 0.1) is 18.2 Å². The summed E-state index contributed by atoms with van der Waals surface area (Å²) in [7, 11) is 0. The van der Waals surface area contributed by atoms with E-state index >= 15 is 0 Å². The van der Waals surface area contributed by atoms with Crippen LogP contribution in [0.15, 0.2) is 0 Å². The minimum absolute atomic E-state index is 0.0187. The smallest absolute Gasteiger partial charge is 0.318 e. The molecule has 6 nitrogen and oxygen atoms in total. The van der Waals surface area contributed by atoms with Crippen LogP contribution < -0.4 is 5.32 Å². The molecule has 3 N–H and O–H groups in total. The fourth-order valence-electron chi connectivity index (χ4n) is 4.76. The van der Waals surface area contributed by atoms with Gasteiger partial charge in [-0.15, -0.1) is 0 Å². The molecule has 3 fully saturated rings. The molecule has 148 valence electrons. The molecule has 3 rings (SSSR count). The monoisotopic (exact) mass is 384 g/mol. The SMILES string of the molecule is O=C(O)CCCSC1CC2NC(=O)N(CCC(O)C3CCCCC3)C2C1. The van der Waals surface area contributed by atoms with Gasteiger partial charge in [0.15, 0.2) is 0 Å². The zero-order chi connectivity index (χ0) is 18.5. The molecule has 3 aliphatic rings. The lowest BCUT2D eigenvalue weighted by Crippen LogP contribution is -2.38. The van der Waals surface area contributed by atoms with Crippen LogP contribution in [0.25, 0.3) is 0 Å². The number of hydrogen-bond acceptors (Lipinski definition) is 4. The predicted molar refractivity (Wildman–Crippen MR) is 102 cm³/mol. The number of aliphatic hydroxyl groups is 1. The summed E-state index contributed by atoms with van der Waals surface area (Å²) in [5.41, 5.74) is 0. The molecular weight excluding hydrogens is 352 g/mol. The number of fused-ring (bicyclic) bond motifs is 1. The average molecular weight is 385 g/mol. The third kappa shape index (κ3) is 5.06. The quantitative estimate of drug-likeness (QED) is 0.532. The number of aliphatic hydroxyl groups excluding tert-OH is 1. The van der Waals surface area contributed by atoms with Gasteiger partial charge in [0.2, 0.25) is 0 Å². The molecule has 0 bridgehead atoms. The van der Waals surface area contributed by atoms with E-state index in [1.54, 1.807) is 0 Å². The van der Waals surface area contributed by atoms with Gasteiger partial charge in [-0.1, -0.05) is 19.3 Å². The predicted octanol–water partition coefficient (Wildman–Crippen LogP) is 2.84. The molecule has 2 amide bonds. The molecule has 4 unspecified atom stereocenters. The molecular formula is C19H32N2O4S. The van der Waals surface area contributed by atoms with E-state index in [4.69, 9.17) is 5.11 Å². The van der Waals surface area contributed by atoms with Crippen molar-refractivity contribution >= 4 is 23.8 Å². The molecule has 1 aliphatic heterocycles. The van der Waals surface area contributed by atoms with E-state index in [0.29, 0.717) is 30.6 Å². The summed E-state index contributed by atoms with van der Waals surface area (Å²) < 4.78 is 0. The number of thioether (sulfide) groups is 1. The first-order valence-corrected chi connectivity index (χ1v) is 11.2. The van der Waals surface area contributed by atoms with Gasteiger partial charge in [0.25, 0.3) is 0 Å². The Kier molecular flexibility index (Phi) is 7.09. The van der Waals surface area contributed by atoms with Crippen molar-refractivity contribution in [2.24, 2.45) is 5.92 Å². The average Bonchev–Trinajstić information content (AvgIpc) is 3.14. The topological polar surface area (TPSA) is 89.9 Å². The first-order valence-electron chi connectivity index (χ1n) is 10.1. The van der Waals surface area contributed by atoms with E-state index in [1.165, 1.54) is 19.3 Å². The fraction of sp³-hybridized carbons (Fsp3) is 0.895. The number of amides is 2. The lowest BCUT2D eigenvalue weighted by atomic mass is 9.84. The second-order valence-electron chi connectivity index (χ2n) is 8.03. The molecule has 0 aromatic heterocycles. The third-order valence-corrected chi connectivity index (χ3v) is 7.58. The summed E-state index contributed by atoms with van der Waals surface area (Å²) in [5.74, 6) is 0.542. The molecule has 0 radical (unpaired) electrons. The summed E-state index contributed by atoms with van der Waals surface area (Å²) in [6.07, 6.45) is 9.23. The van der Waals surface area contributed by atoms with Gasteiger partial charge in [0, 0.05) is 18.2 Å². The molecule has 2 saturated carbocycles. The summed E-state index contributed by atoms with van der Waals surface area (Å²) in [5, 5.41) is 22.8. The minimum Gasteiger partial charge on any atom is -0.481 e. The maximum atomic E-state index is 12.3. The Bertz CT molecular complexity index is 498. The molecule has 0 aromatic carbocycles. The summed E-state index contributed by atoms with van der Waals surface area (Å²) in [4.78, 5) is 24.8. The largest absolute Gasteiger partial charge is 0.481 e. The molecule has 4 atom stereocenters. The number of urea groups is 1. The van der Waals surface area contributed by atoms with E-state index in [9.17, 15) is 14.7 Å². The Morgan fingerprint density at radius 3 is 2.77 bits per heavy atom. The lowest BCUT2D eigenvalue weighted by molar-refractivity contribution is -0.137. The van der Waals surface area contributed by atoms with Gasteiger partial charge in [0.1, 0.15) is 0 Å². The molecule has 0 aromatic rings. The van der Waals surface area contributed by atoms with Crippen molar-refractivity contribution in [3.8, 4) is 0 Å². The van der Waals surface area contributed by atoms with Gasteiger partial charge in [-0.3, -0.25) is 4.79 Å². The van der Waals surface area contributed by atoms with Crippen molar-refractivity contribution < 1.29 is 19.8 Å². The molecule has 0 spiro atoms. The van der Waals surface area contributed by atoms with Crippen molar-refractivity contribution in [3.63, 3.8) is 0 Å². The molecule has 2 aliphatic carbocycles. The van der Waals surface area contributed by atoms with E-state index < -0.39 is 5.97 Å². The number of nitrogens with one attached hydrogen (secondary N) is 1. The van der Waals surface area contributed by atoms with Crippen molar-refractivity contribution in [1.82, 2.24) is 10.2 Å². The van der Waals surface area contributed by atoms with Crippen LogP contribution in [-0.4, -0.2) is 62.8 Å². The van der Waals surface area contributed by atoms with Crippen LogP contribution in [0.1, 0.15) is 64.2 Å². The van der Waals surface area contributed by atoms with Crippen LogP contribution >= 0.6 is 11.8 Å². The number of rotatable bonds is 9. The number of carboxylic acid groups (broad SMARTS) is 1. The Morgan fingerprint density at radius 1 is 1.27 bits per heavy atom. The van der Waals surface area contributed by atoms with Gasteiger partial charge < -0.3 is 20.4 Å². The van der Waals surface area contributed by atoms with E-state index in [2.05, 4.69) is 5.32 Å². The second kappa shape index (κ2) is 9.31. The third-order valence-electron chi connectivity index (χ3n) is 6.20. The highest BCUT2D eigenvalue weighted by Crippen LogP contribution is 2.37. The highest BCUT2D eigenvalue weighted by molar-refractivity contribution is 7.99. The number of hydrogen-bond donors (Lipinski definition) is 3. The first-order chi connectivity index (χ1) is 12.5. The van der Waals surface area contributed by atoms with Crippen LogP contribution in [0.2, 0.25) is 0 Å². The Labute approximate surface area is 160 Å². The van der Waals surface area contributed by atoms with Gasteiger partial charge in [-0.25, -0.2) is 4.79 Å². The van der Waals surface area contributed by atoms with Crippen LogP contribution in [0, 0.1) is 5.92 Å². The molecule has 1 saturated heterocycles. The van der Waals surface area contributed by atoms with E-state index in [1.807, 2.05) is 16.7 Å². The van der Waals surface area contributed by atoms with Crippen LogP contribution in [-0.2, 0) is 4.79 Å². The summed E-state index contributed by atoms with van der Waals surface area (Å²) >= 11 is 1.84. The lowest BCUT2D eigenvalue weighted by Gasteiger charge is -2.29. The number of carbonyl (C=O) groups excluding carboxylic acids is 1. The molecule has 26 heavy (non-hydrogen) atoms. The summed E-state index contributed by atoms with van der Waals surface area (Å²) in [6, 6.07) is 0.467. The highest BCUT2D eigenvalue weighted by Gasteiger charge is 2.46. The zero-order valence-electron chi connectivity index (χ0n) is 15.4.